The second kappa shape index (κ2) is 6.36. The minimum absolute atomic E-state index is 0.152. The van der Waals surface area contributed by atoms with Gasteiger partial charge in [0.2, 0.25) is 0 Å². The van der Waals surface area contributed by atoms with E-state index in [0.29, 0.717) is 0 Å². The van der Waals surface area contributed by atoms with Crippen molar-refractivity contribution in [2.24, 2.45) is 11.7 Å². The fourth-order valence-electron chi connectivity index (χ4n) is 3.18. The van der Waals surface area contributed by atoms with Gasteiger partial charge in [0.1, 0.15) is 5.82 Å². The van der Waals surface area contributed by atoms with Gasteiger partial charge in [-0.1, -0.05) is 35.7 Å². The lowest BCUT2D eigenvalue weighted by atomic mass is 9.73. The van der Waals surface area contributed by atoms with E-state index in [0.717, 1.165) is 35.2 Å². The first-order chi connectivity index (χ1) is 9.02. The van der Waals surface area contributed by atoms with Crippen molar-refractivity contribution >= 4 is 15.9 Å². The second-order valence-corrected chi connectivity index (χ2v) is 6.86. The predicted molar refractivity (Wildman–Crippen MR) is 81.6 cm³/mol. The molecule has 1 aliphatic rings. The van der Waals surface area contributed by atoms with E-state index in [-0.39, 0.29) is 11.4 Å². The lowest BCUT2D eigenvalue weighted by Crippen LogP contribution is -2.45. The molecule has 0 saturated heterocycles. The zero-order chi connectivity index (χ0) is 13.9. The molecule has 0 atom stereocenters. The van der Waals surface area contributed by atoms with Crippen LogP contribution in [0.3, 0.4) is 0 Å². The number of rotatable bonds is 4. The highest BCUT2D eigenvalue weighted by Gasteiger charge is 2.31. The lowest BCUT2D eigenvalue weighted by Gasteiger charge is -2.37. The predicted octanol–water partition coefficient (Wildman–Crippen LogP) is 4.82. The number of halogens is 2. The SMILES string of the molecule is CCCC1CCC(N)(Cc2cc(F)ccc2Br)CC1. The first-order valence-electron chi connectivity index (χ1n) is 7.25. The minimum Gasteiger partial charge on any atom is -0.325 e. The summed E-state index contributed by atoms with van der Waals surface area (Å²) in [5.74, 6) is 0.666. The molecule has 3 heteroatoms. The number of hydrogen-bond acceptors (Lipinski definition) is 1. The van der Waals surface area contributed by atoms with Crippen LogP contribution in [0.4, 0.5) is 4.39 Å². The van der Waals surface area contributed by atoms with Crippen LogP contribution in [0.2, 0.25) is 0 Å². The molecule has 0 bridgehead atoms. The first kappa shape index (κ1) is 15.0. The van der Waals surface area contributed by atoms with Crippen LogP contribution in [0, 0.1) is 11.7 Å². The van der Waals surface area contributed by atoms with Crippen molar-refractivity contribution < 1.29 is 4.39 Å². The van der Waals surface area contributed by atoms with Gasteiger partial charge in [-0.15, -0.1) is 0 Å². The van der Waals surface area contributed by atoms with Gasteiger partial charge in [-0.05, 0) is 61.8 Å². The van der Waals surface area contributed by atoms with E-state index in [1.165, 1.54) is 31.7 Å². The Labute approximate surface area is 123 Å². The highest BCUT2D eigenvalue weighted by molar-refractivity contribution is 9.10. The maximum atomic E-state index is 13.3. The van der Waals surface area contributed by atoms with Gasteiger partial charge in [0.05, 0.1) is 0 Å². The van der Waals surface area contributed by atoms with Crippen LogP contribution in [0.15, 0.2) is 22.7 Å². The molecule has 0 aromatic heterocycles. The molecule has 2 rings (SSSR count). The van der Waals surface area contributed by atoms with Crippen LogP contribution in [-0.2, 0) is 6.42 Å². The normalized spacial score (nSPS) is 27.5. The Bertz CT molecular complexity index is 425. The average Bonchev–Trinajstić information content (AvgIpc) is 2.37. The molecular formula is C16H23BrFN. The summed E-state index contributed by atoms with van der Waals surface area (Å²) in [6, 6.07) is 4.86. The molecule has 0 spiro atoms. The summed E-state index contributed by atoms with van der Waals surface area (Å²) >= 11 is 3.50. The third-order valence-corrected chi connectivity index (χ3v) is 5.12. The fourth-order valence-corrected chi connectivity index (χ4v) is 3.57. The van der Waals surface area contributed by atoms with Gasteiger partial charge in [-0.2, -0.15) is 0 Å². The summed E-state index contributed by atoms with van der Waals surface area (Å²) in [7, 11) is 0. The Balaban J connectivity index is 2.00. The van der Waals surface area contributed by atoms with E-state index in [2.05, 4.69) is 22.9 Å². The third kappa shape index (κ3) is 4.03. The number of benzene rings is 1. The standard InChI is InChI=1S/C16H23BrFN/c1-2-3-12-6-8-16(19,9-7-12)11-13-10-14(18)4-5-15(13)17/h4-5,10,12H,2-3,6-9,11,19H2,1H3. The smallest absolute Gasteiger partial charge is 0.123 e. The van der Waals surface area contributed by atoms with Crippen LogP contribution in [-0.4, -0.2) is 5.54 Å². The Kier molecular flexibility index (Phi) is 5.02. The molecular weight excluding hydrogens is 305 g/mol. The van der Waals surface area contributed by atoms with Crippen molar-refractivity contribution in [3.05, 3.63) is 34.1 Å². The van der Waals surface area contributed by atoms with Gasteiger partial charge in [0.15, 0.2) is 0 Å². The Morgan fingerprint density at radius 3 is 2.68 bits per heavy atom. The van der Waals surface area contributed by atoms with E-state index in [1.807, 2.05) is 0 Å². The molecule has 1 fully saturated rings. The van der Waals surface area contributed by atoms with Crippen LogP contribution in [0.25, 0.3) is 0 Å². The Morgan fingerprint density at radius 1 is 1.37 bits per heavy atom. The summed E-state index contributed by atoms with van der Waals surface area (Å²) < 4.78 is 14.3. The number of nitrogens with two attached hydrogens (primary N) is 1. The molecule has 0 unspecified atom stereocenters. The van der Waals surface area contributed by atoms with Gasteiger partial charge < -0.3 is 5.73 Å². The Morgan fingerprint density at radius 2 is 2.05 bits per heavy atom. The highest BCUT2D eigenvalue weighted by Crippen LogP contribution is 2.36. The largest absolute Gasteiger partial charge is 0.325 e. The molecule has 1 aliphatic carbocycles. The summed E-state index contributed by atoms with van der Waals surface area (Å²) in [5, 5.41) is 0. The zero-order valence-corrected chi connectivity index (χ0v) is 13.2. The van der Waals surface area contributed by atoms with Gasteiger partial charge in [0.25, 0.3) is 0 Å². The van der Waals surface area contributed by atoms with E-state index in [4.69, 9.17) is 5.73 Å². The first-order valence-corrected chi connectivity index (χ1v) is 8.04. The van der Waals surface area contributed by atoms with Crippen molar-refractivity contribution in [3.8, 4) is 0 Å². The maximum Gasteiger partial charge on any atom is 0.123 e. The quantitative estimate of drug-likeness (QED) is 0.843. The maximum absolute atomic E-state index is 13.3. The molecule has 1 aromatic rings. The molecule has 106 valence electrons. The molecule has 2 N–H and O–H groups in total. The van der Waals surface area contributed by atoms with Crippen LogP contribution in [0.1, 0.15) is 51.0 Å². The summed E-state index contributed by atoms with van der Waals surface area (Å²) in [6.45, 7) is 2.24. The van der Waals surface area contributed by atoms with Crippen LogP contribution >= 0.6 is 15.9 Å². The fraction of sp³-hybridized carbons (Fsp3) is 0.625. The lowest BCUT2D eigenvalue weighted by molar-refractivity contribution is 0.223. The molecule has 0 aliphatic heterocycles. The highest BCUT2D eigenvalue weighted by atomic mass is 79.9. The molecule has 19 heavy (non-hydrogen) atoms. The van der Waals surface area contributed by atoms with Gasteiger partial charge in [-0.3, -0.25) is 0 Å². The van der Waals surface area contributed by atoms with Crippen molar-refractivity contribution in [2.75, 3.05) is 0 Å². The van der Waals surface area contributed by atoms with E-state index in [1.54, 1.807) is 12.1 Å². The molecule has 1 nitrogen and oxygen atoms in total. The summed E-state index contributed by atoms with van der Waals surface area (Å²) in [5.41, 5.74) is 7.37. The molecule has 0 radical (unpaired) electrons. The van der Waals surface area contributed by atoms with Crippen LogP contribution in [0.5, 0.6) is 0 Å². The second-order valence-electron chi connectivity index (χ2n) is 6.01. The Hall–Kier alpha value is -0.410. The van der Waals surface area contributed by atoms with E-state index in [9.17, 15) is 4.39 Å². The topological polar surface area (TPSA) is 26.0 Å². The molecule has 1 aromatic carbocycles. The van der Waals surface area contributed by atoms with Crippen molar-refractivity contribution in [1.29, 1.82) is 0 Å². The van der Waals surface area contributed by atoms with Gasteiger partial charge >= 0.3 is 0 Å². The third-order valence-electron chi connectivity index (χ3n) is 4.35. The molecule has 0 amide bonds. The van der Waals surface area contributed by atoms with Gasteiger partial charge in [-0.25, -0.2) is 4.39 Å². The van der Waals surface area contributed by atoms with E-state index < -0.39 is 0 Å². The average molecular weight is 328 g/mol. The molecule has 1 saturated carbocycles. The summed E-state index contributed by atoms with van der Waals surface area (Å²) in [6.07, 6.45) is 7.90. The van der Waals surface area contributed by atoms with Gasteiger partial charge in [0, 0.05) is 10.0 Å². The monoisotopic (exact) mass is 327 g/mol. The van der Waals surface area contributed by atoms with E-state index >= 15 is 0 Å². The van der Waals surface area contributed by atoms with Crippen molar-refractivity contribution in [2.45, 2.75) is 57.4 Å². The minimum atomic E-state index is -0.179. The van der Waals surface area contributed by atoms with Crippen LogP contribution < -0.4 is 5.73 Å². The van der Waals surface area contributed by atoms with Crippen molar-refractivity contribution in [1.82, 2.24) is 0 Å². The number of hydrogen-bond donors (Lipinski definition) is 1. The van der Waals surface area contributed by atoms with Crippen molar-refractivity contribution in [3.63, 3.8) is 0 Å². The molecule has 0 heterocycles. The zero-order valence-electron chi connectivity index (χ0n) is 11.6. The summed E-state index contributed by atoms with van der Waals surface area (Å²) in [4.78, 5) is 0.